The van der Waals surface area contributed by atoms with E-state index in [2.05, 4.69) is 22.0 Å². The van der Waals surface area contributed by atoms with Crippen molar-refractivity contribution in [1.82, 2.24) is 20.0 Å². The second kappa shape index (κ2) is 10.3. The first kappa shape index (κ1) is 21.8. The third kappa shape index (κ3) is 5.25. The maximum absolute atomic E-state index is 12.7. The summed E-state index contributed by atoms with van der Waals surface area (Å²) in [4.78, 5) is 24.8. The largest absolute Gasteiger partial charge is 0.494 e. The van der Waals surface area contributed by atoms with E-state index >= 15 is 0 Å². The molecule has 0 radical (unpaired) electrons. The van der Waals surface area contributed by atoms with Gasteiger partial charge in [0, 0.05) is 49.7 Å². The van der Waals surface area contributed by atoms with E-state index in [4.69, 9.17) is 9.26 Å². The van der Waals surface area contributed by atoms with Crippen LogP contribution >= 0.6 is 0 Å². The number of hydrogen-bond donors (Lipinski definition) is 0. The first-order valence-electron chi connectivity index (χ1n) is 11.2. The molecule has 1 atom stereocenters. The molecular formula is C24H29N5O3. The second-order valence-corrected chi connectivity index (χ2v) is 8.07. The van der Waals surface area contributed by atoms with Crippen molar-refractivity contribution in [2.45, 2.75) is 33.1 Å². The first-order valence-corrected chi connectivity index (χ1v) is 11.2. The quantitative estimate of drug-likeness (QED) is 0.438. The van der Waals surface area contributed by atoms with E-state index in [0.717, 1.165) is 55.9 Å². The Kier molecular flexibility index (Phi) is 6.99. The molecule has 0 saturated carbocycles. The van der Waals surface area contributed by atoms with Gasteiger partial charge in [-0.2, -0.15) is 4.98 Å². The van der Waals surface area contributed by atoms with Crippen LogP contribution in [-0.2, 0) is 6.42 Å². The summed E-state index contributed by atoms with van der Waals surface area (Å²) < 4.78 is 11.0. The highest BCUT2D eigenvalue weighted by molar-refractivity contribution is 5.94. The Morgan fingerprint density at radius 3 is 2.62 bits per heavy atom. The van der Waals surface area contributed by atoms with Crippen molar-refractivity contribution in [1.29, 1.82) is 0 Å². The van der Waals surface area contributed by atoms with E-state index < -0.39 is 0 Å². The maximum atomic E-state index is 12.7. The fourth-order valence-corrected chi connectivity index (χ4v) is 3.82. The van der Waals surface area contributed by atoms with Crippen LogP contribution < -0.4 is 9.64 Å². The number of carbonyl (C=O) groups is 1. The van der Waals surface area contributed by atoms with Crippen LogP contribution in [0, 0.1) is 5.92 Å². The Balaban J connectivity index is 1.18. The zero-order chi connectivity index (χ0) is 22.3. The molecule has 2 amide bonds. The van der Waals surface area contributed by atoms with Gasteiger partial charge in [-0.1, -0.05) is 19.0 Å². The lowest BCUT2D eigenvalue weighted by Crippen LogP contribution is -2.34. The van der Waals surface area contributed by atoms with Crippen molar-refractivity contribution in [3.8, 4) is 17.1 Å². The number of benzene rings is 1. The van der Waals surface area contributed by atoms with Gasteiger partial charge in [-0.25, -0.2) is 4.79 Å². The third-order valence-corrected chi connectivity index (χ3v) is 5.59. The van der Waals surface area contributed by atoms with E-state index in [1.165, 1.54) is 0 Å². The number of rotatable bonds is 10. The van der Waals surface area contributed by atoms with Crippen LogP contribution in [0.2, 0.25) is 0 Å². The van der Waals surface area contributed by atoms with E-state index in [9.17, 15) is 4.79 Å². The SMILES string of the molecule is CCc1nc(-c2ccc(OCCCC(C)CN3CCN(c4ccncc4)C3=O)cc2)no1. The number of urea groups is 1. The number of nitrogens with zero attached hydrogens (tertiary/aromatic N) is 5. The summed E-state index contributed by atoms with van der Waals surface area (Å²) in [5, 5.41) is 3.99. The molecule has 1 unspecified atom stereocenters. The fraction of sp³-hybridized carbons (Fsp3) is 0.417. The minimum atomic E-state index is 0.0760. The average molecular weight is 436 g/mol. The highest BCUT2D eigenvalue weighted by atomic mass is 16.5. The van der Waals surface area contributed by atoms with Crippen LogP contribution in [0.25, 0.3) is 11.4 Å². The van der Waals surface area contributed by atoms with Gasteiger partial charge in [-0.3, -0.25) is 9.88 Å². The molecule has 0 aliphatic carbocycles. The topological polar surface area (TPSA) is 84.6 Å². The fourth-order valence-electron chi connectivity index (χ4n) is 3.82. The highest BCUT2D eigenvalue weighted by Crippen LogP contribution is 2.22. The number of amides is 2. The summed E-state index contributed by atoms with van der Waals surface area (Å²) >= 11 is 0. The Hall–Kier alpha value is -3.42. The van der Waals surface area contributed by atoms with Crippen molar-refractivity contribution in [2.75, 3.05) is 31.1 Å². The number of hydrogen-bond acceptors (Lipinski definition) is 6. The zero-order valence-corrected chi connectivity index (χ0v) is 18.6. The molecule has 8 nitrogen and oxygen atoms in total. The van der Waals surface area contributed by atoms with Crippen molar-refractivity contribution < 1.29 is 14.1 Å². The molecular weight excluding hydrogens is 406 g/mol. The van der Waals surface area contributed by atoms with Gasteiger partial charge in [0.05, 0.1) is 6.61 Å². The summed E-state index contributed by atoms with van der Waals surface area (Å²) in [6, 6.07) is 11.6. The van der Waals surface area contributed by atoms with E-state index in [0.29, 0.717) is 24.2 Å². The predicted octanol–water partition coefficient (Wildman–Crippen LogP) is 4.43. The molecule has 0 N–H and O–H groups in total. The Morgan fingerprint density at radius 1 is 1.12 bits per heavy atom. The van der Waals surface area contributed by atoms with Gasteiger partial charge in [0.2, 0.25) is 11.7 Å². The lowest BCUT2D eigenvalue weighted by Gasteiger charge is -2.22. The summed E-state index contributed by atoms with van der Waals surface area (Å²) in [7, 11) is 0. The Labute approximate surface area is 188 Å². The monoisotopic (exact) mass is 435 g/mol. The molecule has 8 heteroatoms. The van der Waals surface area contributed by atoms with Crippen LogP contribution in [-0.4, -0.2) is 52.3 Å². The normalized spacial score (nSPS) is 14.8. The Bertz CT molecular complexity index is 1010. The number of pyridine rings is 1. The molecule has 2 aromatic heterocycles. The van der Waals surface area contributed by atoms with Gasteiger partial charge in [0.25, 0.3) is 0 Å². The smallest absolute Gasteiger partial charge is 0.324 e. The van der Waals surface area contributed by atoms with Gasteiger partial charge in [-0.15, -0.1) is 0 Å². The Morgan fingerprint density at radius 2 is 1.91 bits per heavy atom. The van der Waals surface area contributed by atoms with Crippen molar-refractivity contribution >= 4 is 11.7 Å². The molecule has 1 fully saturated rings. The van der Waals surface area contributed by atoms with Gasteiger partial charge >= 0.3 is 6.03 Å². The molecule has 32 heavy (non-hydrogen) atoms. The van der Waals surface area contributed by atoms with Crippen LogP contribution in [0.1, 0.15) is 32.6 Å². The molecule has 4 rings (SSSR count). The van der Waals surface area contributed by atoms with Crippen molar-refractivity contribution in [3.63, 3.8) is 0 Å². The van der Waals surface area contributed by atoms with Gasteiger partial charge in [-0.05, 0) is 55.2 Å². The van der Waals surface area contributed by atoms with Crippen LogP contribution in [0.5, 0.6) is 5.75 Å². The predicted molar refractivity (Wildman–Crippen MR) is 122 cm³/mol. The zero-order valence-electron chi connectivity index (χ0n) is 18.6. The number of aromatic nitrogens is 3. The molecule has 0 bridgehead atoms. The van der Waals surface area contributed by atoms with Crippen LogP contribution in [0.3, 0.4) is 0 Å². The first-order chi connectivity index (χ1) is 15.6. The number of aryl methyl sites for hydroxylation is 1. The number of ether oxygens (including phenoxy) is 1. The summed E-state index contributed by atoms with van der Waals surface area (Å²) in [6.45, 7) is 7.05. The van der Waals surface area contributed by atoms with E-state index in [1.807, 2.05) is 53.1 Å². The molecule has 1 aliphatic rings. The third-order valence-electron chi connectivity index (χ3n) is 5.59. The van der Waals surface area contributed by atoms with Crippen LogP contribution in [0.4, 0.5) is 10.5 Å². The van der Waals surface area contributed by atoms with Gasteiger partial charge in [0.15, 0.2) is 0 Å². The molecule has 3 aromatic rings. The molecule has 3 heterocycles. The van der Waals surface area contributed by atoms with Gasteiger partial charge < -0.3 is 14.2 Å². The van der Waals surface area contributed by atoms with Crippen LogP contribution in [0.15, 0.2) is 53.3 Å². The highest BCUT2D eigenvalue weighted by Gasteiger charge is 2.30. The van der Waals surface area contributed by atoms with E-state index in [-0.39, 0.29) is 6.03 Å². The molecule has 1 saturated heterocycles. The molecule has 0 spiro atoms. The van der Waals surface area contributed by atoms with Crippen molar-refractivity contribution in [3.05, 3.63) is 54.7 Å². The summed E-state index contributed by atoms with van der Waals surface area (Å²) in [5.74, 6) is 2.47. The maximum Gasteiger partial charge on any atom is 0.324 e. The number of anilines is 1. The molecule has 1 aromatic carbocycles. The molecule has 168 valence electrons. The summed E-state index contributed by atoms with van der Waals surface area (Å²) in [5.41, 5.74) is 1.82. The van der Waals surface area contributed by atoms with Gasteiger partial charge in [0.1, 0.15) is 5.75 Å². The molecule has 1 aliphatic heterocycles. The standard InChI is InChI=1S/C24H29N5O3/c1-3-22-26-23(27-32-22)19-6-8-21(9-7-19)31-16-4-5-18(2)17-28-14-15-29(24(28)30)20-10-12-25-13-11-20/h6-13,18H,3-5,14-17H2,1-2H3. The second-order valence-electron chi connectivity index (χ2n) is 8.07. The minimum absolute atomic E-state index is 0.0760. The van der Waals surface area contributed by atoms with E-state index in [1.54, 1.807) is 12.4 Å². The lowest BCUT2D eigenvalue weighted by atomic mass is 10.1. The average Bonchev–Trinajstić information content (AvgIpc) is 3.45. The minimum Gasteiger partial charge on any atom is -0.494 e. The summed E-state index contributed by atoms with van der Waals surface area (Å²) in [6.07, 6.45) is 6.09. The van der Waals surface area contributed by atoms with Crippen molar-refractivity contribution in [2.24, 2.45) is 5.92 Å². The lowest BCUT2D eigenvalue weighted by molar-refractivity contribution is 0.209. The number of carbonyl (C=O) groups excluding carboxylic acids is 1.